The molecule has 0 saturated carbocycles. The number of hydrogen-bond donors (Lipinski definition) is 2. The Kier molecular flexibility index (Phi) is 4.74. The van der Waals surface area contributed by atoms with Gasteiger partial charge in [0.1, 0.15) is 0 Å². The summed E-state index contributed by atoms with van der Waals surface area (Å²) >= 11 is 0. The highest BCUT2D eigenvalue weighted by molar-refractivity contribution is 5.73. The molecular weight excluding hydrogens is 242 g/mol. The smallest absolute Gasteiger partial charge is 0.315 e. The first-order chi connectivity index (χ1) is 9.15. The molecule has 0 bridgehead atoms. The van der Waals surface area contributed by atoms with Crippen molar-refractivity contribution < 1.29 is 9.53 Å². The van der Waals surface area contributed by atoms with Gasteiger partial charge in [0, 0.05) is 24.8 Å². The van der Waals surface area contributed by atoms with Gasteiger partial charge in [-0.15, -0.1) is 0 Å². The highest BCUT2D eigenvalue weighted by atomic mass is 16.5. The van der Waals surface area contributed by atoms with Crippen LogP contribution < -0.4 is 10.6 Å². The number of carbonyl (C=O) groups excluding carboxylic acids is 1. The maximum absolute atomic E-state index is 11.6. The molecule has 1 saturated heterocycles. The van der Waals surface area contributed by atoms with E-state index in [9.17, 15) is 4.79 Å². The second-order valence-electron chi connectivity index (χ2n) is 5.00. The first-order valence-electron chi connectivity index (χ1n) is 6.67. The minimum absolute atomic E-state index is 0.146. The van der Waals surface area contributed by atoms with Gasteiger partial charge in [-0.3, -0.25) is 4.98 Å². The highest BCUT2D eigenvalue weighted by Crippen LogP contribution is 2.10. The second kappa shape index (κ2) is 6.52. The van der Waals surface area contributed by atoms with E-state index in [-0.39, 0.29) is 6.03 Å². The third kappa shape index (κ3) is 4.21. The van der Waals surface area contributed by atoms with Crippen LogP contribution in [0.5, 0.6) is 0 Å². The number of nitrogens with one attached hydrogen (secondary N) is 2. The zero-order valence-corrected chi connectivity index (χ0v) is 11.5. The average Bonchev–Trinajstić information content (AvgIpc) is 2.91. The molecule has 0 aliphatic carbocycles. The molecule has 2 heterocycles. The molecular formula is C14H21N3O2. The minimum Gasteiger partial charge on any atom is -0.381 e. The van der Waals surface area contributed by atoms with E-state index in [1.165, 1.54) is 0 Å². The Morgan fingerprint density at radius 3 is 2.95 bits per heavy atom. The summed E-state index contributed by atoms with van der Waals surface area (Å²) in [5, 5.41) is 5.68. The Morgan fingerprint density at radius 2 is 2.26 bits per heavy atom. The number of urea groups is 1. The fourth-order valence-electron chi connectivity index (χ4n) is 2.00. The summed E-state index contributed by atoms with van der Waals surface area (Å²) in [5.41, 5.74) is 3.04. The molecule has 1 fully saturated rings. The van der Waals surface area contributed by atoms with Gasteiger partial charge in [0.05, 0.1) is 18.8 Å². The van der Waals surface area contributed by atoms with Gasteiger partial charge < -0.3 is 15.4 Å². The number of aromatic nitrogens is 1. The molecule has 19 heavy (non-hydrogen) atoms. The van der Waals surface area contributed by atoms with E-state index in [2.05, 4.69) is 15.6 Å². The maximum Gasteiger partial charge on any atom is 0.315 e. The lowest BCUT2D eigenvalue weighted by Crippen LogP contribution is -2.38. The molecule has 104 valence electrons. The van der Waals surface area contributed by atoms with Crippen LogP contribution in [-0.4, -0.2) is 30.8 Å². The molecule has 1 atom stereocenters. The molecule has 2 N–H and O–H groups in total. The number of nitrogens with zero attached hydrogens (tertiary/aromatic N) is 1. The van der Waals surface area contributed by atoms with Crippen molar-refractivity contribution in [1.29, 1.82) is 0 Å². The fourth-order valence-corrected chi connectivity index (χ4v) is 2.00. The second-order valence-corrected chi connectivity index (χ2v) is 5.00. The number of rotatable bonds is 4. The lowest BCUT2D eigenvalue weighted by atomic mass is 10.1. The molecule has 0 radical (unpaired) electrons. The van der Waals surface area contributed by atoms with Crippen LogP contribution in [0.15, 0.2) is 12.1 Å². The molecule has 0 aromatic carbocycles. The lowest BCUT2D eigenvalue weighted by molar-refractivity contribution is 0.185. The van der Waals surface area contributed by atoms with Crippen LogP contribution in [0.4, 0.5) is 4.79 Å². The van der Waals surface area contributed by atoms with Crippen LogP contribution in [0.2, 0.25) is 0 Å². The quantitative estimate of drug-likeness (QED) is 0.866. The summed E-state index contributed by atoms with van der Waals surface area (Å²) in [6, 6.07) is 3.81. The molecule has 1 aliphatic heterocycles. The standard InChI is InChI=1S/C14H21N3O2/c1-10-3-4-13(17-11(10)2)8-16-14(18)15-7-12-5-6-19-9-12/h3-4,12H,5-9H2,1-2H3,(H2,15,16,18). The van der Waals surface area contributed by atoms with E-state index >= 15 is 0 Å². The number of ether oxygens (including phenoxy) is 1. The summed E-state index contributed by atoms with van der Waals surface area (Å²) in [6.07, 6.45) is 1.03. The van der Waals surface area contributed by atoms with Gasteiger partial charge in [-0.25, -0.2) is 4.79 Å². The molecule has 1 aromatic rings. The van der Waals surface area contributed by atoms with Gasteiger partial charge in [0.2, 0.25) is 0 Å². The van der Waals surface area contributed by atoms with Crippen molar-refractivity contribution in [3.05, 3.63) is 29.1 Å². The molecule has 1 unspecified atom stereocenters. The molecule has 2 rings (SSSR count). The van der Waals surface area contributed by atoms with Crippen LogP contribution in [0, 0.1) is 19.8 Å². The average molecular weight is 263 g/mol. The Bertz CT molecular complexity index is 442. The first kappa shape index (κ1) is 13.8. The predicted molar refractivity (Wildman–Crippen MR) is 72.9 cm³/mol. The van der Waals surface area contributed by atoms with Crippen LogP contribution in [0.1, 0.15) is 23.4 Å². The Hall–Kier alpha value is -1.62. The number of carbonyl (C=O) groups is 1. The van der Waals surface area contributed by atoms with Crippen LogP contribution >= 0.6 is 0 Å². The van der Waals surface area contributed by atoms with E-state index in [0.717, 1.165) is 36.6 Å². The largest absolute Gasteiger partial charge is 0.381 e. The summed E-state index contributed by atoms with van der Waals surface area (Å²) in [6.45, 7) is 6.68. The maximum atomic E-state index is 11.6. The Labute approximate surface area is 113 Å². The molecule has 1 aromatic heterocycles. The predicted octanol–water partition coefficient (Wildman–Crippen LogP) is 1.53. The normalized spacial score (nSPS) is 18.3. The summed E-state index contributed by atoms with van der Waals surface area (Å²) in [5.74, 6) is 0.450. The van der Waals surface area contributed by atoms with E-state index in [0.29, 0.717) is 19.0 Å². The summed E-state index contributed by atoms with van der Waals surface area (Å²) < 4.78 is 5.26. The van der Waals surface area contributed by atoms with Crippen molar-refractivity contribution in [3.8, 4) is 0 Å². The minimum atomic E-state index is -0.146. The van der Waals surface area contributed by atoms with Crippen molar-refractivity contribution in [2.24, 2.45) is 5.92 Å². The van der Waals surface area contributed by atoms with Gasteiger partial charge in [-0.2, -0.15) is 0 Å². The van der Waals surface area contributed by atoms with Crippen LogP contribution in [-0.2, 0) is 11.3 Å². The van der Waals surface area contributed by atoms with Gasteiger partial charge in [0.25, 0.3) is 0 Å². The van der Waals surface area contributed by atoms with E-state index in [1.54, 1.807) is 0 Å². The van der Waals surface area contributed by atoms with Crippen molar-refractivity contribution in [3.63, 3.8) is 0 Å². The van der Waals surface area contributed by atoms with Crippen molar-refractivity contribution in [2.45, 2.75) is 26.8 Å². The van der Waals surface area contributed by atoms with Gasteiger partial charge in [-0.05, 0) is 31.9 Å². The molecule has 5 nitrogen and oxygen atoms in total. The number of amides is 2. The zero-order valence-electron chi connectivity index (χ0n) is 11.5. The third-order valence-corrected chi connectivity index (χ3v) is 3.41. The number of hydrogen-bond acceptors (Lipinski definition) is 3. The third-order valence-electron chi connectivity index (χ3n) is 3.41. The topological polar surface area (TPSA) is 63.2 Å². The van der Waals surface area contributed by atoms with Gasteiger partial charge in [-0.1, -0.05) is 6.07 Å². The summed E-state index contributed by atoms with van der Waals surface area (Å²) in [7, 11) is 0. The van der Waals surface area contributed by atoms with E-state index in [1.807, 2.05) is 26.0 Å². The molecule has 1 aliphatic rings. The Morgan fingerprint density at radius 1 is 1.42 bits per heavy atom. The van der Waals surface area contributed by atoms with Gasteiger partial charge in [0.15, 0.2) is 0 Å². The van der Waals surface area contributed by atoms with Crippen LogP contribution in [0.25, 0.3) is 0 Å². The monoisotopic (exact) mass is 263 g/mol. The van der Waals surface area contributed by atoms with Crippen molar-refractivity contribution in [2.75, 3.05) is 19.8 Å². The number of aryl methyl sites for hydroxylation is 2. The Balaban J connectivity index is 1.71. The van der Waals surface area contributed by atoms with Crippen LogP contribution in [0.3, 0.4) is 0 Å². The fraction of sp³-hybridized carbons (Fsp3) is 0.571. The number of pyridine rings is 1. The molecule has 0 spiro atoms. The highest BCUT2D eigenvalue weighted by Gasteiger charge is 2.16. The van der Waals surface area contributed by atoms with Crippen molar-refractivity contribution >= 4 is 6.03 Å². The summed E-state index contributed by atoms with van der Waals surface area (Å²) in [4.78, 5) is 16.1. The molecule has 2 amide bonds. The van der Waals surface area contributed by atoms with E-state index < -0.39 is 0 Å². The molecule has 5 heteroatoms. The van der Waals surface area contributed by atoms with Crippen molar-refractivity contribution in [1.82, 2.24) is 15.6 Å². The first-order valence-corrected chi connectivity index (χ1v) is 6.67. The zero-order chi connectivity index (χ0) is 13.7. The van der Waals surface area contributed by atoms with Gasteiger partial charge >= 0.3 is 6.03 Å². The van der Waals surface area contributed by atoms with E-state index in [4.69, 9.17) is 4.74 Å². The lowest BCUT2D eigenvalue weighted by Gasteiger charge is -2.11. The SMILES string of the molecule is Cc1ccc(CNC(=O)NCC2CCOC2)nc1C.